The first-order chi connectivity index (χ1) is 9.71. The molecule has 0 bridgehead atoms. The maximum absolute atomic E-state index is 9.39. The summed E-state index contributed by atoms with van der Waals surface area (Å²) in [6.07, 6.45) is 4.48. The van der Waals surface area contributed by atoms with E-state index in [9.17, 15) is 5.11 Å². The van der Waals surface area contributed by atoms with Gasteiger partial charge >= 0.3 is 0 Å². The third-order valence-electron chi connectivity index (χ3n) is 2.79. The molecule has 0 saturated heterocycles. The number of unbranched alkanes of at least 4 members (excludes halogenated alkanes) is 1. The number of nitrogens with two attached hydrogens (primary N) is 1. The van der Waals surface area contributed by atoms with Crippen LogP contribution in [0.3, 0.4) is 0 Å². The Morgan fingerprint density at radius 3 is 2.81 bits per heavy atom. The first kappa shape index (κ1) is 19.8. The summed E-state index contributed by atoms with van der Waals surface area (Å²) in [5.74, 6) is 1.17. The fraction of sp³-hybridized carbons (Fsp3) is 0.692. The second-order valence-corrected chi connectivity index (χ2v) is 4.45. The van der Waals surface area contributed by atoms with Gasteiger partial charge < -0.3 is 25.6 Å². The molecule has 1 aromatic heterocycles. The van der Waals surface area contributed by atoms with Crippen molar-refractivity contribution in [3.05, 3.63) is 6.20 Å². The van der Waals surface area contributed by atoms with E-state index in [1.54, 1.807) is 7.11 Å². The van der Waals surface area contributed by atoms with Crippen LogP contribution in [0, 0.1) is 0 Å². The van der Waals surface area contributed by atoms with Gasteiger partial charge in [-0.1, -0.05) is 19.8 Å². The Bertz CT molecular complexity index is 396. The Morgan fingerprint density at radius 2 is 2.19 bits per heavy atom. The minimum atomic E-state index is -0.0750. The summed E-state index contributed by atoms with van der Waals surface area (Å²) in [6.45, 7) is 3.01. The van der Waals surface area contributed by atoms with Crippen molar-refractivity contribution >= 4 is 25.3 Å². The van der Waals surface area contributed by atoms with Crippen LogP contribution < -0.4 is 15.8 Å². The molecular weight excluding hydrogens is 292 g/mol. The van der Waals surface area contributed by atoms with E-state index >= 15 is 0 Å². The zero-order chi connectivity index (χ0) is 14.8. The van der Waals surface area contributed by atoms with Crippen LogP contribution in [0.15, 0.2) is 6.20 Å². The molecule has 0 radical (unpaired) electrons. The molecule has 0 aliphatic rings. The maximum Gasteiger partial charge on any atom is 0.222 e. The maximum atomic E-state index is 9.39. The number of aliphatic hydroxyl groups is 1. The minimum absolute atomic E-state index is 0. The molecule has 0 saturated carbocycles. The number of rotatable bonds is 10. The van der Waals surface area contributed by atoms with Gasteiger partial charge in [-0.25, -0.2) is 4.98 Å². The largest absolute Gasteiger partial charge is 0.486 e. The number of aromatic nitrogens is 2. The van der Waals surface area contributed by atoms with E-state index in [4.69, 9.17) is 15.2 Å². The molecular formula is C13H26N4O3S. The third kappa shape index (κ3) is 7.35. The smallest absolute Gasteiger partial charge is 0.222 e. The lowest BCUT2D eigenvalue weighted by Gasteiger charge is -2.18. The Morgan fingerprint density at radius 1 is 1.43 bits per heavy atom. The molecule has 0 aliphatic heterocycles. The molecule has 0 spiro atoms. The monoisotopic (exact) mass is 318 g/mol. The highest BCUT2D eigenvalue weighted by molar-refractivity contribution is 7.59. The van der Waals surface area contributed by atoms with Crippen LogP contribution in [-0.2, 0) is 4.74 Å². The summed E-state index contributed by atoms with van der Waals surface area (Å²) in [6, 6.07) is -0.0750. The van der Waals surface area contributed by atoms with E-state index < -0.39 is 0 Å². The number of hydrogen-bond donors (Lipinski definition) is 3. The van der Waals surface area contributed by atoms with Crippen LogP contribution in [0.2, 0.25) is 0 Å². The molecule has 122 valence electrons. The summed E-state index contributed by atoms with van der Waals surface area (Å²) in [5.41, 5.74) is 5.59. The second-order valence-electron chi connectivity index (χ2n) is 4.45. The number of nitrogens with one attached hydrogen (secondary N) is 1. The first-order valence-electron chi connectivity index (χ1n) is 6.82. The molecule has 0 aliphatic carbocycles. The molecule has 0 amide bonds. The van der Waals surface area contributed by atoms with Crippen molar-refractivity contribution in [2.45, 2.75) is 32.2 Å². The lowest BCUT2D eigenvalue weighted by atomic mass is 10.1. The van der Waals surface area contributed by atoms with Gasteiger partial charge in [-0.3, -0.25) is 0 Å². The fourth-order valence-electron chi connectivity index (χ4n) is 1.68. The molecule has 8 heteroatoms. The molecule has 0 aromatic carbocycles. The van der Waals surface area contributed by atoms with Crippen LogP contribution >= 0.6 is 13.5 Å². The van der Waals surface area contributed by atoms with Crippen LogP contribution in [-0.4, -0.2) is 48.0 Å². The van der Waals surface area contributed by atoms with Crippen molar-refractivity contribution in [3.63, 3.8) is 0 Å². The van der Waals surface area contributed by atoms with E-state index in [1.165, 1.54) is 6.20 Å². The zero-order valence-electron chi connectivity index (χ0n) is 12.6. The Kier molecular flexibility index (Phi) is 10.7. The molecule has 1 rings (SSSR count). The van der Waals surface area contributed by atoms with E-state index in [1.807, 2.05) is 0 Å². The summed E-state index contributed by atoms with van der Waals surface area (Å²) < 4.78 is 10.5. The highest BCUT2D eigenvalue weighted by Crippen LogP contribution is 2.23. The van der Waals surface area contributed by atoms with Crippen LogP contribution in [0.25, 0.3) is 0 Å². The number of ether oxygens (including phenoxy) is 2. The number of methoxy groups -OCH3 is 1. The Hall–Kier alpha value is -1.25. The molecule has 21 heavy (non-hydrogen) atoms. The number of nitrogens with zero attached hydrogens (tertiary/aromatic N) is 2. The number of hydrogen-bond acceptors (Lipinski definition) is 7. The van der Waals surface area contributed by atoms with Crippen molar-refractivity contribution in [1.82, 2.24) is 9.97 Å². The van der Waals surface area contributed by atoms with Gasteiger partial charge in [0.15, 0.2) is 11.6 Å². The third-order valence-corrected chi connectivity index (χ3v) is 2.79. The van der Waals surface area contributed by atoms with E-state index in [0.29, 0.717) is 24.8 Å². The van der Waals surface area contributed by atoms with Crippen molar-refractivity contribution in [2.75, 3.05) is 38.0 Å². The number of nitrogen functional groups attached to an aromatic ring is 1. The molecule has 1 atom stereocenters. The average molecular weight is 318 g/mol. The van der Waals surface area contributed by atoms with E-state index in [0.717, 1.165) is 19.3 Å². The molecule has 0 unspecified atom stereocenters. The quantitative estimate of drug-likeness (QED) is 0.556. The van der Waals surface area contributed by atoms with Gasteiger partial charge in [0, 0.05) is 7.11 Å². The van der Waals surface area contributed by atoms with Gasteiger partial charge in [0.1, 0.15) is 6.61 Å². The average Bonchev–Trinajstić information content (AvgIpc) is 2.45. The first-order valence-corrected chi connectivity index (χ1v) is 6.82. The Balaban J connectivity index is 0.00000400. The number of anilines is 2. The SMILES string of the molecule is CCCC[C@@H](CO)Nc1nc(N)ncc1OCCOC.S. The summed E-state index contributed by atoms with van der Waals surface area (Å²) in [5, 5.41) is 12.5. The highest BCUT2D eigenvalue weighted by atomic mass is 32.1. The molecule has 1 aromatic rings. The van der Waals surface area contributed by atoms with Crippen molar-refractivity contribution in [1.29, 1.82) is 0 Å². The summed E-state index contributed by atoms with van der Waals surface area (Å²) >= 11 is 0. The summed E-state index contributed by atoms with van der Waals surface area (Å²) in [7, 11) is 1.61. The zero-order valence-corrected chi connectivity index (χ0v) is 13.6. The standard InChI is InChI=1S/C13H24N4O3.H2S/c1-3-4-5-10(9-18)16-12-11(20-7-6-19-2)8-15-13(14)17-12;/h8,10,18H,3-7,9H2,1-2H3,(H3,14,15,16,17);1H2/t10-;/m0./s1. The molecule has 0 fully saturated rings. The molecule has 4 N–H and O–H groups in total. The number of aliphatic hydroxyl groups excluding tert-OH is 1. The van der Waals surface area contributed by atoms with Gasteiger partial charge in [-0.2, -0.15) is 18.5 Å². The van der Waals surface area contributed by atoms with Crippen LogP contribution in [0.1, 0.15) is 26.2 Å². The highest BCUT2D eigenvalue weighted by Gasteiger charge is 2.13. The van der Waals surface area contributed by atoms with E-state index in [-0.39, 0.29) is 32.1 Å². The molecule has 1 heterocycles. The van der Waals surface area contributed by atoms with Gasteiger partial charge in [0.25, 0.3) is 0 Å². The van der Waals surface area contributed by atoms with Gasteiger partial charge in [-0.05, 0) is 6.42 Å². The Labute approximate surface area is 132 Å². The summed E-state index contributed by atoms with van der Waals surface area (Å²) in [4.78, 5) is 8.04. The minimum Gasteiger partial charge on any atom is -0.486 e. The van der Waals surface area contributed by atoms with Gasteiger partial charge in [0.05, 0.1) is 25.5 Å². The van der Waals surface area contributed by atoms with Crippen molar-refractivity contribution < 1.29 is 14.6 Å². The second kappa shape index (κ2) is 11.4. The molecule has 7 nitrogen and oxygen atoms in total. The van der Waals surface area contributed by atoms with Crippen molar-refractivity contribution in [2.24, 2.45) is 0 Å². The predicted octanol–water partition coefficient (Wildman–Crippen LogP) is 1.16. The van der Waals surface area contributed by atoms with Gasteiger partial charge in [-0.15, -0.1) is 0 Å². The topological polar surface area (TPSA) is 103 Å². The van der Waals surface area contributed by atoms with Crippen LogP contribution in [0.5, 0.6) is 5.75 Å². The van der Waals surface area contributed by atoms with Gasteiger partial charge in [0.2, 0.25) is 5.95 Å². The fourth-order valence-corrected chi connectivity index (χ4v) is 1.68. The normalized spacial score (nSPS) is 11.6. The van der Waals surface area contributed by atoms with E-state index in [2.05, 4.69) is 22.2 Å². The van der Waals surface area contributed by atoms with Crippen LogP contribution in [0.4, 0.5) is 11.8 Å². The lowest BCUT2D eigenvalue weighted by Crippen LogP contribution is -2.25. The lowest BCUT2D eigenvalue weighted by molar-refractivity contribution is 0.146. The predicted molar refractivity (Wildman–Crippen MR) is 88.2 cm³/mol. The van der Waals surface area contributed by atoms with Crippen molar-refractivity contribution in [3.8, 4) is 5.75 Å².